The molecule has 17 heavy (non-hydrogen) atoms. The molecule has 0 fully saturated rings. The predicted octanol–water partition coefficient (Wildman–Crippen LogP) is 3.38. The quantitative estimate of drug-likeness (QED) is 0.687. The van der Waals surface area contributed by atoms with Gasteiger partial charge in [0.05, 0.1) is 12.7 Å². The lowest BCUT2D eigenvalue weighted by atomic mass is 10.2. The number of alkyl halides is 3. The second-order valence-corrected chi connectivity index (χ2v) is 5.27. The Hall–Kier alpha value is -0.260. The zero-order chi connectivity index (χ0) is 13.2. The summed E-state index contributed by atoms with van der Waals surface area (Å²) in [6, 6.07) is 1.83. The van der Waals surface area contributed by atoms with E-state index in [-0.39, 0.29) is 12.9 Å². The van der Waals surface area contributed by atoms with Crippen molar-refractivity contribution in [1.82, 2.24) is 0 Å². The number of benzene rings is 1. The topological polar surface area (TPSA) is 46.5 Å². The van der Waals surface area contributed by atoms with Crippen molar-refractivity contribution in [1.29, 1.82) is 0 Å². The van der Waals surface area contributed by atoms with E-state index in [1.165, 1.54) is 0 Å². The molecule has 94 valence electrons. The van der Waals surface area contributed by atoms with E-state index in [0.717, 1.165) is 12.1 Å². The van der Waals surface area contributed by atoms with Gasteiger partial charge >= 0.3 is 12.1 Å². The maximum atomic E-state index is 12.5. The normalized spacial score (nSPS) is 11.4. The van der Waals surface area contributed by atoms with Crippen molar-refractivity contribution in [2.45, 2.75) is 6.18 Å². The molecule has 0 saturated carbocycles. The molecule has 0 spiro atoms. The average molecular weight is 472 g/mol. The largest absolute Gasteiger partial charge is 0.480 e. The minimum absolute atomic E-state index is 0.154. The summed E-state index contributed by atoms with van der Waals surface area (Å²) in [5, 5.41) is 8.43. The van der Waals surface area contributed by atoms with Gasteiger partial charge in [0.1, 0.15) is 5.75 Å². The summed E-state index contributed by atoms with van der Waals surface area (Å²) in [4.78, 5) is 10.3. The molecule has 0 aliphatic rings. The number of ether oxygens (including phenoxy) is 1. The van der Waals surface area contributed by atoms with Crippen LogP contribution in [0.3, 0.4) is 0 Å². The predicted molar refractivity (Wildman–Crippen MR) is 70.0 cm³/mol. The van der Waals surface area contributed by atoms with Crippen molar-refractivity contribution in [3.63, 3.8) is 0 Å². The lowest BCUT2D eigenvalue weighted by Gasteiger charge is -2.12. The van der Waals surface area contributed by atoms with Gasteiger partial charge in [0.15, 0.2) is 6.61 Å². The van der Waals surface area contributed by atoms with Crippen molar-refractivity contribution in [3.8, 4) is 5.75 Å². The van der Waals surface area contributed by atoms with Crippen molar-refractivity contribution in [3.05, 3.63) is 24.8 Å². The van der Waals surface area contributed by atoms with Crippen LogP contribution in [0.2, 0.25) is 0 Å². The number of halogens is 5. The lowest BCUT2D eigenvalue weighted by Crippen LogP contribution is -2.12. The van der Waals surface area contributed by atoms with Crippen LogP contribution < -0.4 is 4.74 Å². The Kier molecular flexibility index (Phi) is 4.86. The highest BCUT2D eigenvalue weighted by Gasteiger charge is 2.32. The van der Waals surface area contributed by atoms with Crippen LogP contribution in [0.15, 0.2) is 12.1 Å². The first-order valence-electron chi connectivity index (χ1n) is 4.12. The Bertz CT molecular complexity index is 423. The van der Waals surface area contributed by atoms with Crippen LogP contribution in [0, 0.1) is 7.14 Å². The van der Waals surface area contributed by atoms with Crippen LogP contribution in [0.1, 0.15) is 5.56 Å². The molecule has 1 aromatic carbocycles. The van der Waals surface area contributed by atoms with Gasteiger partial charge in [-0.05, 0) is 57.3 Å². The summed E-state index contributed by atoms with van der Waals surface area (Å²) >= 11 is 3.35. The summed E-state index contributed by atoms with van der Waals surface area (Å²) < 4.78 is 42.7. The summed E-state index contributed by atoms with van der Waals surface area (Å²) in [6.45, 7) is -0.586. The number of carbonyl (C=O) groups is 1. The SMILES string of the molecule is O=C(O)COc1c(I)cc(C(F)(F)F)cc1I. The molecule has 0 aliphatic heterocycles. The molecule has 0 heterocycles. The Morgan fingerprint density at radius 3 is 2.12 bits per heavy atom. The van der Waals surface area contributed by atoms with Crippen LogP contribution >= 0.6 is 45.2 Å². The van der Waals surface area contributed by atoms with Crippen LogP contribution in [-0.4, -0.2) is 17.7 Å². The van der Waals surface area contributed by atoms with Gasteiger partial charge in [-0.3, -0.25) is 0 Å². The minimum atomic E-state index is -4.43. The third-order valence-corrected chi connectivity index (χ3v) is 3.27. The highest BCUT2D eigenvalue weighted by molar-refractivity contribution is 14.1. The maximum Gasteiger partial charge on any atom is 0.416 e. The van der Waals surface area contributed by atoms with Crippen LogP contribution in [-0.2, 0) is 11.0 Å². The van der Waals surface area contributed by atoms with E-state index in [1.807, 2.05) is 0 Å². The van der Waals surface area contributed by atoms with E-state index in [9.17, 15) is 18.0 Å². The summed E-state index contributed by atoms with van der Waals surface area (Å²) in [6.07, 6.45) is -4.43. The zero-order valence-corrected chi connectivity index (χ0v) is 12.3. The van der Waals surface area contributed by atoms with Crippen molar-refractivity contribution in [2.75, 3.05) is 6.61 Å². The van der Waals surface area contributed by atoms with E-state index < -0.39 is 24.3 Å². The van der Waals surface area contributed by atoms with Crippen LogP contribution in [0.4, 0.5) is 13.2 Å². The van der Waals surface area contributed by atoms with Crippen LogP contribution in [0.25, 0.3) is 0 Å². The van der Waals surface area contributed by atoms with Gasteiger partial charge < -0.3 is 9.84 Å². The molecular formula is C9H5F3I2O3. The average Bonchev–Trinajstić information content (AvgIpc) is 2.14. The first-order chi connectivity index (χ1) is 7.71. The molecule has 0 aromatic heterocycles. The number of aliphatic carboxylic acids is 1. The van der Waals surface area contributed by atoms with E-state index in [4.69, 9.17) is 9.84 Å². The molecule has 8 heteroatoms. The fourth-order valence-electron chi connectivity index (χ4n) is 0.995. The molecular weight excluding hydrogens is 467 g/mol. The van der Waals surface area contributed by atoms with Crippen LogP contribution in [0.5, 0.6) is 5.75 Å². The smallest absolute Gasteiger partial charge is 0.416 e. The van der Waals surface area contributed by atoms with Crippen molar-refractivity contribution < 1.29 is 27.8 Å². The Labute approximate surface area is 122 Å². The molecule has 0 bridgehead atoms. The fourth-order valence-corrected chi connectivity index (χ4v) is 3.07. The number of carboxylic acids is 1. The third-order valence-electron chi connectivity index (χ3n) is 1.67. The van der Waals surface area contributed by atoms with Gasteiger partial charge in [0.2, 0.25) is 0 Å². The second-order valence-electron chi connectivity index (χ2n) is 2.95. The highest BCUT2D eigenvalue weighted by Crippen LogP contribution is 2.36. The molecule has 0 aliphatic carbocycles. The molecule has 1 aromatic rings. The van der Waals surface area contributed by atoms with Gasteiger partial charge in [-0.25, -0.2) is 4.79 Å². The monoisotopic (exact) mass is 472 g/mol. The molecule has 0 amide bonds. The molecule has 0 unspecified atom stereocenters. The molecule has 3 nitrogen and oxygen atoms in total. The van der Waals surface area contributed by atoms with Crippen molar-refractivity contribution >= 4 is 51.2 Å². The van der Waals surface area contributed by atoms with E-state index >= 15 is 0 Å². The molecule has 1 N–H and O–H groups in total. The van der Waals surface area contributed by atoms with E-state index in [0.29, 0.717) is 0 Å². The first kappa shape index (κ1) is 14.8. The number of hydrogen-bond donors (Lipinski definition) is 1. The fraction of sp³-hybridized carbons (Fsp3) is 0.222. The van der Waals surface area contributed by atoms with Gasteiger partial charge in [-0.1, -0.05) is 0 Å². The molecule has 1 rings (SSSR count). The molecule has 0 radical (unpaired) electrons. The maximum absolute atomic E-state index is 12.5. The highest BCUT2D eigenvalue weighted by atomic mass is 127. The van der Waals surface area contributed by atoms with Gasteiger partial charge in [-0.15, -0.1) is 0 Å². The number of hydrogen-bond acceptors (Lipinski definition) is 2. The Balaban J connectivity index is 3.07. The Morgan fingerprint density at radius 1 is 1.29 bits per heavy atom. The van der Waals surface area contributed by atoms with Gasteiger partial charge in [0, 0.05) is 0 Å². The third kappa shape index (κ3) is 4.16. The number of carboxylic acid groups (broad SMARTS) is 1. The minimum Gasteiger partial charge on any atom is -0.480 e. The van der Waals surface area contributed by atoms with E-state index in [1.54, 1.807) is 45.2 Å². The summed E-state index contributed by atoms with van der Waals surface area (Å²) in [5.41, 5.74) is -0.783. The summed E-state index contributed by atoms with van der Waals surface area (Å²) in [7, 11) is 0. The summed E-state index contributed by atoms with van der Waals surface area (Å²) in [5.74, 6) is -1.03. The Morgan fingerprint density at radius 2 is 1.76 bits per heavy atom. The molecule has 0 atom stereocenters. The molecule has 0 saturated heterocycles. The van der Waals surface area contributed by atoms with E-state index in [2.05, 4.69) is 0 Å². The standard InChI is InChI=1S/C9H5F3I2O3/c10-9(11,12)4-1-5(13)8(6(14)2-4)17-3-7(15)16/h1-2H,3H2,(H,15,16). The van der Waals surface area contributed by atoms with Gasteiger partial charge in [0.25, 0.3) is 0 Å². The number of rotatable bonds is 3. The second kappa shape index (κ2) is 5.59. The first-order valence-corrected chi connectivity index (χ1v) is 6.28. The lowest BCUT2D eigenvalue weighted by molar-refractivity contribution is -0.140. The van der Waals surface area contributed by atoms with Crippen molar-refractivity contribution in [2.24, 2.45) is 0 Å². The van der Waals surface area contributed by atoms with Gasteiger partial charge in [-0.2, -0.15) is 13.2 Å². The zero-order valence-electron chi connectivity index (χ0n) is 8.02.